The van der Waals surface area contributed by atoms with E-state index in [1.165, 1.54) is 12.8 Å². The molecule has 19 heavy (non-hydrogen) atoms. The van der Waals surface area contributed by atoms with Gasteiger partial charge < -0.3 is 10.1 Å². The number of anilines is 1. The molecule has 0 fully saturated rings. The first-order valence-corrected chi connectivity index (χ1v) is 8.11. The number of hydrogen-bond donors (Lipinski definition) is 1. The number of aromatic nitrogens is 2. The number of thioether (sulfide) groups is 1. The van der Waals surface area contributed by atoms with Crippen molar-refractivity contribution in [3.05, 3.63) is 11.9 Å². The minimum absolute atomic E-state index is 0.486. The van der Waals surface area contributed by atoms with Gasteiger partial charge in [-0.25, -0.2) is 9.97 Å². The number of hydrogen-bond acceptors (Lipinski definition) is 5. The fourth-order valence-corrected chi connectivity index (χ4v) is 2.48. The van der Waals surface area contributed by atoms with Crippen LogP contribution in [0.25, 0.3) is 0 Å². The summed E-state index contributed by atoms with van der Waals surface area (Å²) >= 11 is 1.79. The molecule has 0 aliphatic carbocycles. The molecule has 5 heteroatoms. The summed E-state index contributed by atoms with van der Waals surface area (Å²) in [4.78, 5) is 9.01. The Morgan fingerprint density at radius 1 is 1.21 bits per heavy atom. The third kappa shape index (κ3) is 6.78. The topological polar surface area (TPSA) is 47.0 Å². The fraction of sp³-hybridized carbons (Fsp3) is 0.714. The van der Waals surface area contributed by atoms with E-state index in [1.807, 2.05) is 13.0 Å². The van der Waals surface area contributed by atoms with Crippen molar-refractivity contribution in [3.8, 4) is 0 Å². The highest BCUT2D eigenvalue weighted by Gasteiger charge is 2.05. The molecule has 1 rings (SSSR count). The van der Waals surface area contributed by atoms with Crippen molar-refractivity contribution in [2.24, 2.45) is 0 Å². The SMILES string of the molecule is CCCCSc1cc(NCCC)nc(COCC)n1. The summed E-state index contributed by atoms with van der Waals surface area (Å²) in [7, 11) is 0. The molecule has 0 bridgehead atoms. The molecule has 0 aliphatic heterocycles. The average molecular weight is 283 g/mol. The van der Waals surface area contributed by atoms with E-state index in [0.717, 1.165) is 35.4 Å². The second-order valence-electron chi connectivity index (χ2n) is 4.27. The van der Waals surface area contributed by atoms with Crippen molar-refractivity contribution in [1.82, 2.24) is 9.97 Å². The number of nitrogens with zero attached hydrogens (tertiary/aromatic N) is 2. The first-order chi connectivity index (χ1) is 9.30. The number of ether oxygens (including phenoxy) is 1. The normalized spacial score (nSPS) is 10.7. The smallest absolute Gasteiger partial charge is 0.157 e. The average Bonchev–Trinajstić information content (AvgIpc) is 2.43. The summed E-state index contributed by atoms with van der Waals surface area (Å²) < 4.78 is 5.40. The van der Waals surface area contributed by atoms with Gasteiger partial charge in [0.05, 0.1) is 0 Å². The number of rotatable bonds is 10. The van der Waals surface area contributed by atoms with E-state index in [-0.39, 0.29) is 0 Å². The van der Waals surface area contributed by atoms with E-state index < -0.39 is 0 Å². The molecule has 4 nitrogen and oxygen atoms in total. The van der Waals surface area contributed by atoms with Crippen LogP contribution in [0.3, 0.4) is 0 Å². The van der Waals surface area contributed by atoms with E-state index in [1.54, 1.807) is 11.8 Å². The van der Waals surface area contributed by atoms with Crippen LogP contribution >= 0.6 is 11.8 Å². The molecule has 0 atom stereocenters. The largest absolute Gasteiger partial charge is 0.374 e. The molecule has 0 amide bonds. The van der Waals surface area contributed by atoms with Gasteiger partial charge in [0.2, 0.25) is 0 Å². The minimum atomic E-state index is 0.486. The molecular weight excluding hydrogens is 258 g/mol. The lowest BCUT2D eigenvalue weighted by atomic mass is 10.4. The lowest BCUT2D eigenvalue weighted by Gasteiger charge is -2.09. The molecule has 1 aromatic heterocycles. The quantitative estimate of drug-likeness (QED) is 0.403. The summed E-state index contributed by atoms with van der Waals surface area (Å²) in [5, 5.41) is 4.36. The van der Waals surface area contributed by atoms with Crippen LogP contribution in [-0.4, -0.2) is 28.9 Å². The molecule has 0 spiro atoms. The Balaban J connectivity index is 2.70. The summed E-state index contributed by atoms with van der Waals surface area (Å²) in [5.74, 6) is 2.78. The first-order valence-electron chi connectivity index (χ1n) is 7.12. The Morgan fingerprint density at radius 3 is 2.74 bits per heavy atom. The fourth-order valence-electron chi connectivity index (χ4n) is 1.47. The van der Waals surface area contributed by atoms with Crippen molar-refractivity contribution in [2.45, 2.75) is 51.7 Å². The highest BCUT2D eigenvalue weighted by atomic mass is 32.2. The van der Waals surface area contributed by atoms with Crippen LogP contribution in [0.1, 0.15) is 45.9 Å². The molecule has 0 saturated carbocycles. The van der Waals surface area contributed by atoms with Gasteiger partial charge in [-0.05, 0) is 25.5 Å². The Kier molecular flexibility index (Phi) is 8.58. The Hall–Kier alpha value is -0.810. The van der Waals surface area contributed by atoms with Crippen LogP contribution in [-0.2, 0) is 11.3 Å². The molecule has 108 valence electrons. The molecular formula is C14H25N3OS. The molecule has 0 saturated heterocycles. The lowest BCUT2D eigenvalue weighted by Crippen LogP contribution is -2.07. The monoisotopic (exact) mass is 283 g/mol. The maximum Gasteiger partial charge on any atom is 0.157 e. The van der Waals surface area contributed by atoms with Crippen molar-refractivity contribution in [2.75, 3.05) is 24.2 Å². The molecule has 0 unspecified atom stereocenters. The zero-order valence-corrected chi connectivity index (χ0v) is 13.1. The number of nitrogens with one attached hydrogen (secondary N) is 1. The van der Waals surface area contributed by atoms with Crippen molar-refractivity contribution < 1.29 is 4.74 Å². The van der Waals surface area contributed by atoms with Gasteiger partial charge in [0.15, 0.2) is 5.82 Å². The van der Waals surface area contributed by atoms with Crippen LogP contribution in [0.5, 0.6) is 0 Å². The van der Waals surface area contributed by atoms with Crippen molar-refractivity contribution >= 4 is 17.6 Å². The van der Waals surface area contributed by atoms with E-state index in [4.69, 9.17) is 4.74 Å². The van der Waals surface area contributed by atoms with Gasteiger partial charge in [0.25, 0.3) is 0 Å². The van der Waals surface area contributed by atoms with Crippen LogP contribution in [0, 0.1) is 0 Å². The standard InChI is InChI=1S/C14H25N3OS/c1-4-7-9-19-14-10-12(15-8-5-2)16-13(17-14)11-18-6-3/h10H,4-9,11H2,1-3H3,(H,15,16,17). The molecule has 1 aromatic rings. The summed E-state index contributed by atoms with van der Waals surface area (Å²) in [5.41, 5.74) is 0. The van der Waals surface area contributed by atoms with Gasteiger partial charge in [-0.15, -0.1) is 11.8 Å². The third-order valence-electron chi connectivity index (χ3n) is 2.49. The molecule has 1 heterocycles. The first kappa shape index (κ1) is 16.2. The molecule has 1 N–H and O–H groups in total. The Labute approximate surface area is 120 Å². The van der Waals surface area contributed by atoms with E-state index in [0.29, 0.717) is 13.2 Å². The maximum atomic E-state index is 5.40. The second-order valence-corrected chi connectivity index (χ2v) is 5.39. The van der Waals surface area contributed by atoms with Crippen LogP contribution in [0.15, 0.2) is 11.1 Å². The van der Waals surface area contributed by atoms with Crippen LogP contribution in [0.2, 0.25) is 0 Å². The van der Waals surface area contributed by atoms with Gasteiger partial charge in [-0.3, -0.25) is 0 Å². The highest BCUT2D eigenvalue weighted by Crippen LogP contribution is 2.20. The minimum Gasteiger partial charge on any atom is -0.374 e. The van der Waals surface area contributed by atoms with Crippen LogP contribution < -0.4 is 5.32 Å². The highest BCUT2D eigenvalue weighted by molar-refractivity contribution is 7.99. The predicted octanol–water partition coefficient (Wildman–Crippen LogP) is 3.73. The molecule has 0 aromatic carbocycles. The summed E-state index contributed by atoms with van der Waals surface area (Å²) in [6.45, 7) is 8.44. The molecule has 0 radical (unpaired) electrons. The van der Waals surface area contributed by atoms with Gasteiger partial charge in [0.1, 0.15) is 17.5 Å². The lowest BCUT2D eigenvalue weighted by molar-refractivity contribution is 0.128. The summed E-state index contributed by atoms with van der Waals surface area (Å²) in [6.07, 6.45) is 3.52. The number of unbranched alkanes of at least 4 members (excludes halogenated alkanes) is 1. The predicted molar refractivity (Wildman–Crippen MR) is 81.8 cm³/mol. The van der Waals surface area contributed by atoms with Gasteiger partial charge in [-0.1, -0.05) is 20.3 Å². The summed E-state index contributed by atoms with van der Waals surface area (Å²) in [6, 6.07) is 2.03. The maximum absolute atomic E-state index is 5.40. The Morgan fingerprint density at radius 2 is 2.05 bits per heavy atom. The van der Waals surface area contributed by atoms with Gasteiger partial charge >= 0.3 is 0 Å². The van der Waals surface area contributed by atoms with E-state index >= 15 is 0 Å². The second kappa shape index (κ2) is 10.0. The van der Waals surface area contributed by atoms with E-state index in [2.05, 4.69) is 29.1 Å². The van der Waals surface area contributed by atoms with E-state index in [9.17, 15) is 0 Å². The Bertz CT molecular complexity index is 334. The van der Waals surface area contributed by atoms with Crippen molar-refractivity contribution in [3.63, 3.8) is 0 Å². The molecule has 0 aliphatic rings. The third-order valence-corrected chi connectivity index (χ3v) is 3.49. The van der Waals surface area contributed by atoms with Crippen molar-refractivity contribution in [1.29, 1.82) is 0 Å². The zero-order valence-electron chi connectivity index (χ0n) is 12.2. The van der Waals surface area contributed by atoms with Crippen LogP contribution in [0.4, 0.5) is 5.82 Å². The van der Waals surface area contributed by atoms with Gasteiger partial charge in [-0.2, -0.15) is 0 Å². The zero-order chi connectivity index (χ0) is 13.9. The van der Waals surface area contributed by atoms with Gasteiger partial charge in [0, 0.05) is 19.2 Å².